The summed E-state index contributed by atoms with van der Waals surface area (Å²) in [5, 5.41) is 10.9. The molecule has 6 heteroatoms. The van der Waals surface area contributed by atoms with E-state index in [1.807, 2.05) is 26.0 Å². The van der Waals surface area contributed by atoms with Crippen LogP contribution < -0.4 is 0 Å². The highest BCUT2D eigenvalue weighted by molar-refractivity contribution is 7.21. The number of halogens is 2. The molecule has 1 aromatic carbocycles. The van der Waals surface area contributed by atoms with E-state index in [-0.39, 0.29) is 18.6 Å². The first-order valence-corrected chi connectivity index (χ1v) is 8.32. The summed E-state index contributed by atoms with van der Waals surface area (Å²) in [7, 11) is 0. The van der Waals surface area contributed by atoms with Gasteiger partial charge in [-0.05, 0) is 32.4 Å². The van der Waals surface area contributed by atoms with Crippen LogP contribution in [0.1, 0.15) is 29.9 Å². The first kappa shape index (κ1) is 16.6. The third-order valence-corrected chi connectivity index (χ3v) is 5.11. The zero-order valence-corrected chi connectivity index (χ0v) is 14.2. The van der Waals surface area contributed by atoms with Crippen LogP contribution in [-0.4, -0.2) is 35.1 Å². The Balaban J connectivity index is 2.39. The zero-order chi connectivity index (χ0) is 15.6. The van der Waals surface area contributed by atoms with Gasteiger partial charge in [0.05, 0.1) is 5.02 Å². The van der Waals surface area contributed by atoms with Crippen molar-refractivity contribution in [1.82, 2.24) is 4.90 Å². The topological polar surface area (TPSA) is 40.5 Å². The van der Waals surface area contributed by atoms with Crippen LogP contribution in [0, 0.1) is 0 Å². The van der Waals surface area contributed by atoms with E-state index in [4.69, 9.17) is 28.3 Å². The Morgan fingerprint density at radius 1 is 1.38 bits per heavy atom. The highest BCUT2D eigenvalue weighted by Crippen LogP contribution is 2.37. The molecule has 0 radical (unpaired) electrons. The predicted octanol–water partition coefficient (Wildman–Crippen LogP) is 4.44. The van der Waals surface area contributed by atoms with Crippen LogP contribution in [-0.2, 0) is 0 Å². The maximum Gasteiger partial charge on any atom is 0.265 e. The molecule has 0 atom stereocenters. The van der Waals surface area contributed by atoms with Crippen molar-refractivity contribution in [3.05, 3.63) is 33.1 Å². The molecule has 0 aliphatic heterocycles. The summed E-state index contributed by atoms with van der Waals surface area (Å²) in [6.07, 6.45) is 0.554. The van der Waals surface area contributed by atoms with E-state index in [0.29, 0.717) is 27.9 Å². The maximum atomic E-state index is 12.7. The van der Waals surface area contributed by atoms with Gasteiger partial charge in [-0.1, -0.05) is 29.3 Å². The van der Waals surface area contributed by atoms with Crippen LogP contribution in [0.3, 0.4) is 0 Å². The second-order valence-electron chi connectivity index (χ2n) is 5.06. The van der Waals surface area contributed by atoms with E-state index in [9.17, 15) is 4.79 Å². The van der Waals surface area contributed by atoms with Gasteiger partial charge in [0.1, 0.15) is 4.88 Å². The van der Waals surface area contributed by atoms with Gasteiger partial charge >= 0.3 is 0 Å². The van der Waals surface area contributed by atoms with Gasteiger partial charge in [-0.15, -0.1) is 11.3 Å². The molecular weight excluding hydrogens is 329 g/mol. The molecule has 1 aromatic heterocycles. The minimum atomic E-state index is -0.0965. The molecule has 0 unspecified atom stereocenters. The summed E-state index contributed by atoms with van der Waals surface area (Å²) < 4.78 is 0.904. The van der Waals surface area contributed by atoms with E-state index >= 15 is 0 Å². The minimum absolute atomic E-state index is 0.0499. The molecule has 114 valence electrons. The fourth-order valence-corrected chi connectivity index (χ4v) is 3.89. The molecule has 1 heterocycles. The number of nitrogens with zero attached hydrogens (tertiary/aromatic N) is 1. The third-order valence-electron chi connectivity index (χ3n) is 3.23. The summed E-state index contributed by atoms with van der Waals surface area (Å²) in [5.74, 6) is -0.0965. The number of amides is 1. The second kappa shape index (κ2) is 6.97. The number of hydrogen-bond donors (Lipinski definition) is 1. The third kappa shape index (κ3) is 3.51. The Kier molecular flexibility index (Phi) is 5.49. The lowest BCUT2D eigenvalue weighted by Crippen LogP contribution is -2.37. The number of carbonyl (C=O) groups is 1. The Morgan fingerprint density at radius 3 is 2.71 bits per heavy atom. The Labute approximate surface area is 138 Å². The molecule has 0 aliphatic carbocycles. The Bertz CT molecular complexity index is 654. The summed E-state index contributed by atoms with van der Waals surface area (Å²) in [4.78, 5) is 15.0. The summed E-state index contributed by atoms with van der Waals surface area (Å²) in [5.41, 5.74) is 0. The number of aliphatic hydroxyl groups excluding tert-OH is 1. The smallest absolute Gasteiger partial charge is 0.265 e. The number of aliphatic hydroxyl groups is 1. The highest BCUT2D eigenvalue weighted by Gasteiger charge is 2.24. The van der Waals surface area contributed by atoms with Crippen LogP contribution in [0.4, 0.5) is 0 Å². The first-order chi connectivity index (χ1) is 9.95. The Hall–Kier alpha value is -0.810. The predicted molar refractivity (Wildman–Crippen MR) is 89.7 cm³/mol. The SMILES string of the molecule is CC(C)N(CCCO)C(=O)c1sc2cc(Cl)ccc2c1Cl. The number of fused-ring (bicyclic) bond motifs is 1. The Morgan fingerprint density at radius 2 is 2.10 bits per heavy atom. The number of thiophene rings is 1. The zero-order valence-electron chi connectivity index (χ0n) is 11.9. The summed E-state index contributed by atoms with van der Waals surface area (Å²) >= 11 is 13.7. The molecule has 21 heavy (non-hydrogen) atoms. The highest BCUT2D eigenvalue weighted by atomic mass is 35.5. The van der Waals surface area contributed by atoms with E-state index in [0.717, 1.165) is 10.1 Å². The molecule has 2 rings (SSSR count). The molecule has 1 N–H and O–H groups in total. The van der Waals surface area contributed by atoms with E-state index in [1.54, 1.807) is 11.0 Å². The number of rotatable bonds is 5. The van der Waals surface area contributed by atoms with Crippen LogP contribution in [0.25, 0.3) is 10.1 Å². The standard InChI is InChI=1S/C15H17Cl2NO2S/c1-9(2)18(6-3-7-19)15(20)14-13(17)11-5-4-10(16)8-12(11)21-14/h4-5,8-9,19H,3,6-7H2,1-2H3. The van der Waals surface area contributed by atoms with Gasteiger partial charge in [-0.2, -0.15) is 0 Å². The molecule has 0 saturated carbocycles. The maximum absolute atomic E-state index is 12.7. The first-order valence-electron chi connectivity index (χ1n) is 6.75. The fraction of sp³-hybridized carbons (Fsp3) is 0.400. The van der Waals surface area contributed by atoms with Gasteiger partial charge in [0.15, 0.2) is 0 Å². The van der Waals surface area contributed by atoms with Gasteiger partial charge in [0.2, 0.25) is 0 Å². The van der Waals surface area contributed by atoms with Gasteiger partial charge in [0, 0.05) is 34.3 Å². The van der Waals surface area contributed by atoms with Gasteiger partial charge in [-0.3, -0.25) is 4.79 Å². The van der Waals surface area contributed by atoms with Crippen molar-refractivity contribution in [3.63, 3.8) is 0 Å². The molecule has 0 spiro atoms. The minimum Gasteiger partial charge on any atom is -0.396 e. The molecule has 1 amide bonds. The molecule has 2 aromatic rings. The van der Waals surface area contributed by atoms with Crippen LogP contribution >= 0.6 is 34.5 Å². The lowest BCUT2D eigenvalue weighted by molar-refractivity contribution is 0.0698. The van der Waals surface area contributed by atoms with Crippen molar-refractivity contribution in [2.24, 2.45) is 0 Å². The fourth-order valence-electron chi connectivity index (χ4n) is 2.14. The number of benzene rings is 1. The van der Waals surface area contributed by atoms with Gasteiger partial charge < -0.3 is 10.0 Å². The summed E-state index contributed by atoms with van der Waals surface area (Å²) in [6.45, 7) is 4.48. The molecule has 0 fully saturated rings. The summed E-state index contributed by atoms with van der Waals surface area (Å²) in [6, 6.07) is 5.47. The molecule has 0 saturated heterocycles. The van der Waals surface area contributed by atoms with Gasteiger partial charge in [0.25, 0.3) is 5.91 Å². The van der Waals surface area contributed by atoms with Crippen LogP contribution in [0.5, 0.6) is 0 Å². The van der Waals surface area contributed by atoms with Gasteiger partial charge in [-0.25, -0.2) is 0 Å². The van der Waals surface area contributed by atoms with E-state index in [1.165, 1.54) is 11.3 Å². The van der Waals surface area contributed by atoms with Crippen LogP contribution in [0.15, 0.2) is 18.2 Å². The average Bonchev–Trinajstić information content (AvgIpc) is 2.75. The van der Waals surface area contributed by atoms with Crippen molar-refractivity contribution in [2.45, 2.75) is 26.3 Å². The second-order valence-corrected chi connectivity index (χ2v) is 6.92. The van der Waals surface area contributed by atoms with Crippen molar-refractivity contribution >= 4 is 50.5 Å². The molecule has 0 bridgehead atoms. The van der Waals surface area contributed by atoms with Crippen molar-refractivity contribution in [3.8, 4) is 0 Å². The molecular formula is C15H17Cl2NO2S. The average molecular weight is 346 g/mol. The molecule has 0 aliphatic rings. The lowest BCUT2D eigenvalue weighted by Gasteiger charge is -2.26. The number of carbonyl (C=O) groups excluding carboxylic acids is 1. The molecule has 3 nitrogen and oxygen atoms in total. The van der Waals surface area contributed by atoms with Crippen molar-refractivity contribution in [1.29, 1.82) is 0 Å². The van der Waals surface area contributed by atoms with Crippen molar-refractivity contribution in [2.75, 3.05) is 13.2 Å². The lowest BCUT2D eigenvalue weighted by atomic mass is 10.2. The van der Waals surface area contributed by atoms with E-state index in [2.05, 4.69) is 0 Å². The largest absolute Gasteiger partial charge is 0.396 e. The van der Waals surface area contributed by atoms with Crippen molar-refractivity contribution < 1.29 is 9.90 Å². The van der Waals surface area contributed by atoms with Crippen LogP contribution in [0.2, 0.25) is 10.0 Å². The van der Waals surface area contributed by atoms with E-state index < -0.39 is 0 Å². The monoisotopic (exact) mass is 345 g/mol. The quantitative estimate of drug-likeness (QED) is 0.869. The number of hydrogen-bond acceptors (Lipinski definition) is 3. The normalized spacial score (nSPS) is 11.3.